The molecule has 3 atom stereocenters. The van der Waals surface area contributed by atoms with Crippen molar-refractivity contribution >= 4 is 21.6 Å². The number of aromatic nitrogens is 1. The van der Waals surface area contributed by atoms with Gasteiger partial charge < -0.3 is 15.0 Å². The maximum absolute atomic E-state index is 14.1. The van der Waals surface area contributed by atoms with Crippen LogP contribution >= 0.6 is 0 Å². The number of halogens is 4. The minimum Gasteiger partial charge on any atom is -0.475 e. The van der Waals surface area contributed by atoms with Crippen molar-refractivity contribution in [2.75, 3.05) is 11.2 Å². The Morgan fingerprint density at radius 3 is 2.28 bits per heavy atom. The Bertz CT molecular complexity index is 1230. The van der Waals surface area contributed by atoms with Crippen LogP contribution in [0.5, 0.6) is 5.75 Å². The number of benzene rings is 1. The molecule has 0 spiro atoms. The number of ether oxygens (including phenoxy) is 1. The first-order chi connectivity index (χ1) is 16.6. The summed E-state index contributed by atoms with van der Waals surface area (Å²) in [6.45, 7) is 2.75. The Hall–Kier alpha value is -2.89. The zero-order valence-corrected chi connectivity index (χ0v) is 20.8. The number of nitrogens with one attached hydrogen (secondary N) is 1. The van der Waals surface area contributed by atoms with Crippen molar-refractivity contribution in [3.8, 4) is 5.75 Å². The lowest BCUT2D eigenvalue weighted by Crippen LogP contribution is -2.55. The van der Waals surface area contributed by atoms with Gasteiger partial charge in [0.2, 0.25) is 0 Å². The lowest BCUT2D eigenvalue weighted by molar-refractivity contribution is -0.138. The van der Waals surface area contributed by atoms with Gasteiger partial charge in [0, 0.05) is 30.6 Å². The number of piperidine rings is 1. The molecule has 4 rings (SSSR count). The zero-order chi connectivity index (χ0) is 26.5. The third kappa shape index (κ3) is 5.42. The molecule has 3 heterocycles. The number of hydrogen-bond acceptors (Lipinski definition) is 6. The molecule has 1 aromatic heterocycles. The topological polar surface area (TPSA) is 88.6 Å². The highest BCUT2D eigenvalue weighted by Gasteiger charge is 2.43. The molecule has 2 aliphatic rings. The predicted octanol–water partition coefficient (Wildman–Crippen LogP) is 4.12. The van der Waals surface area contributed by atoms with Crippen molar-refractivity contribution in [3.05, 3.63) is 47.9 Å². The maximum Gasteiger partial charge on any atom is 0.416 e. The van der Waals surface area contributed by atoms with Gasteiger partial charge in [-0.3, -0.25) is 4.79 Å². The molecule has 2 bridgehead atoms. The van der Waals surface area contributed by atoms with Crippen molar-refractivity contribution in [2.45, 2.75) is 74.3 Å². The molecule has 2 aromatic rings. The number of nitrogens with zero attached hydrogens (tertiary/aromatic N) is 2. The van der Waals surface area contributed by atoms with Crippen molar-refractivity contribution in [1.82, 2.24) is 10.3 Å². The van der Waals surface area contributed by atoms with Gasteiger partial charge in [-0.25, -0.2) is 17.8 Å². The molecule has 36 heavy (non-hydrogen) atoms. The minimum atomic E-state index is -4.68. The smallest absolute Gasteiger partial charge is 0.416 e. The van der Waals surface area contributed by atoms with Crippen LogP contribution in [0.25, 0.3) is 0 Å². The van der Waals surface area contributed by atoms with Gasteiger partial charge in [-0.2, -0.15) is 13.2 Å². The second-order valence-corrected chi connectivity index (χ2v) is 11.8. The number of amides is 1. The average molecular weight is 530 g/mol. The zero-order valence-electron chi connectivity index (χ0n) is 20.0. The highest BCUT2D eigenvalue weighted by atomic mass is 32.2. The van der Waals surface area contributed by atoms with Crippen LogP contribution in [0.15, 0.2) is 41.4 Å². The molecule has 2 aliphatic heterocycles. The largest absolute Gasteiger partial charge is 0.475 e. The standard InChI is InChI=1S/C24H27F4N3O4S/c1-23(2,35-20-10-14(24(26,27)28)4-8-19(20)25)22(32)30-15-11-16-5-6-17(12-15)31(16)21-9-7-18(13-29-21)36(3,33)34/h4,7-10,13,15-17H,5-6,11-12H2,1-3H3,(H,30,32)/t15-,16+,17-. The SMILES string of the molecule is CC(C)(Oc1cc(C(F)(F)F)ccc1F)C(=O)N[C@H]1C[C@H]2CC[C@@H](C1)N2c1ccc(S(C)(=O)=O)cn1. The number of hydrogen-bond donors (Lipinski definition) is 1. The van der Waals surface area contributed by atoms with E-state index in [0.717, 1.165) is 19.1 Å². The molecular weight excluding hydrogens is 502 g/mol. The lowest BCUT2D eigenvalue weighted by Gasteiger charge is -2.40. The summed E-state index contributed by atoms with van der Waals surface area (Å²) in [6.07, 6.45) is 0.742. The Balaban J connectivity index is 1.42. The van der Waals surface area contributed by atoms with Crippen molar-refractivity contribution < 1.29 is 35.5 Å². The fraction of sp³-hybridized carbons (Fsp3) is 0.500. The molecule has 0 unspecified atom stereocenters. The summed E-state index contributed by atoms with van der Waals surface area (Å²) < 4.78 is 82.0. The number of rotatable bonds is 6. The first-order valence-corrected chi connectivity index (χ1v) is 13.4. The quantitative estimate of drug-likeness (QED) is 0.567. The molecule has 7 nitrogen and oxygen atoms in total. The van der Waals surface area contributed by atoms with Crippen LogP contribution in [0, 0.1) is 5.82 Å². The fourth-order valence-corrected chi connectivity index (χ4v) is 5.41. The first kappa shape index (κ1) is 26.2. The number of pyridine rings is 1. The van der Waals surface area contributed by atoms with Gasteiger partial charge >= 0.3 is 6.18 Å². The van der Waals surface area contributed by atoms with E-state index in [9.17, 15) is 30.8 Å². The van der Waals surface area contributed by atoms with E-state index >= 15 is 0 Å². The van der Waals surface area contributed by atoms with Gasteiger partial charge in [0.1, 0.15) is 5.82 Å². The van der Waals surface area contributed by atoms with E-state index in [0.29, 0.717) is 36.9 Å². The predicted molar refractivity (Wildman–Crippen MR) is 124 cm³/mol. The fourth-order valence-electron chi connectivity index (χ4n) is 4.85. The summed E-state index contributed by atoms with van der Waals surface area (Å²) in [6, 6.07) is 4.98. The van der Waals surface area contributed by atoms with Gasteiger partial charge in [-0.05, 0) is 69.9 Å². The van der Waals surface area contributed by atoms with Crippen LogP contribution in [-0.4, -0.2) is 49.3 Å². The molecule has 0 aliphatic carbocycles. The molecule has 0 saturated carbocycles. The van der Waals surface area contributed by atoms with Crippen molar-refractivity contribution in [1.29, 1.82) is 0 Å². The first-order valence-electron chi connectivity index (χ1n) is 11.5. The second kappa shape index (κ2) is 9.20. The highest BCUT2D eigenvalue weighted by Crippen LogP contribution is 2.39. The van der Waals surface area contributed by atoms with Gasteiger partial charge in [0.25, 0.3) is 5.91 Å². The molecule has 2 saturated heterocycles. The van der Waals surface area contributed by atoms with Crippen LogP contribution in [0.1, 0.15) is 45.1 Å². The van der Waals surface area contributed by atoms with Crippen LogP contribution in [0.3, 0.4) is 0 Å². The average Bonchev–Trinajstić information content (AvgIpc) is 3.04. The Morgan fingerprint density at radius 2 is 1.75 bits per heavy atom. The number of fused-ring (bicyclic) bond motifs is 2. The van der Waals surface area contributed by atoms with Crippen LogP contribution in [0.2, 0.25) is 0 Å². The normalized spacial score (nSPS) is 22.4. The summed E-state index contributed by atoms with van der Waals surface area (Å²) in [5.41, 5.74) is -2.69. The summed E-state index contributed by atoms with van der Waals surface area (Å²) in [4.78, 5) is 19.6. The second-order valence-electron chi connectivity index (χ2n) is 9.81. The summed E-state index contributed by atoms with van der Waals surface area (Å²) in [5.74, 6) is -1.54. The van der Waals surface area contributed by atoms with E-state index in [2.05, 4.69) is 15.2 Å². The number of carbonyl (C=O) groups is 1. The summed E-state index contributed by atoms with van der Waals surface area (Å²) >= 11 is 0. The minimum absolute atomic E-state index is 0.0792. The highest BCUT2D eigenvalue weighted by molar-refractivity contribution is 7.90. The Labute approximate surface area is 206 Å². The lowest BCUT2D eigenvalue weighted by atomic mass is 9.96. The van der Waals surface area contributed by atoms with E-state index in [1.807, 2.05) is 0 Å². The van der Waals surface area contributed by atoms with E-state index in [-0.39, 0.29) is 23.0 Å². The van der Waals surface area contributed by atoms with Crippen LogP contribution in [0.4, 0.5) is 23.4 Å². The molecule has 1 aromatic carbocycles. The van der Waals surface area contributed by atoms with E-state index in [1.165, 1.54) is 26.1 Å². The Kier molecular flexibility index (Phi) is 6.69. The number of alkyl halides is 3. The van der Waals surface area contributed by atoms with E-state index < -0.39 is 44.7 Å². The monoisotopic (exact) mass is 529 g/mol. The maximum atomic E-state index is 14.1. The Morgan fingerprint density at radius 1 is 1.11 bits per heavy atom. The molecule has 1 N–H and O–H groups in total. The number of sulfone groups is 1. The molecule has 12 heteroatoms. The molecular formula is C24H27F4N3O4S. The summed E-state index contributed by atoms with van der Waals surface area (Å²) in [5, 5.41) is 2.91. The third-order valence-corrected chi connectivity index (χ3v) is 7.75. The molecule has 1 amide bonds. The van der Waals surface area contributed by atoms with Gasteiger partial charge in [0.15, 0.2) is 27.0 Å². The van der Waals surface area contributed by atoms with Crippen LogP contribution in [-0.2, 0) is 20.8 Å². The van der Waals surface area contributed by atoms with E-state index in [1.54, 1.807) is 6.07 Å². The summed E-state index contributed by atoms with van der Waals surface area (Å²) in [7, 11) is -3.35. The third-order valence-electron chi connectivity index (χ3n) is 6.65. The van der Waals surface area contributed by atoms with Gasteiger partial charge in [-0.15, -0.1) is 0 Å². The van der Waals surface area contributed by atoms with Gasteiger partial charge in [-0.1, -0.05) is 0 Å². The molecule has 0 radical (unpaired) electrons. The molecule has 2 fully saturated rings. The number of anilines is 1. The van der Waals surface area contributed by atoms with Crippen molar-refractivity contribution in [2.24, 2.45) is 0 Å². The molecule has 196 valence electrons. The van der Waals surface area contributed by atoms with E-state index in [4.69, 9.17) is 4.74 Å². The van der Waals surface area contributed by atoms with Gasteiger partial charge in [0.05, 0.1) is 10.5 Å². The van der Waals surface area contributed by atoms with Crippen LogP contribution < -0.4 is 15.0 Å². The number of carbonyl (C=O) groups excluding carboxylic acids is 1. The van der Waals surface area contributed by atoms with Crippen molar-refractivity contribution in [3.63, 3.8) is 0 Å².